The van der Waals surface area contributed by atoms with Crippen molar-refractivity contribution in [2.45, 2.75) is 26.6 Å². The van der Waals surface area contributed by atoms with Gasteiger partial charge in [-0.3, -0.25) is 4.68 Å². The van der Waals surface area contributed by atoms with Crippen LogP contribution in [0.3, 0.4) is 0 Å². The number of rotatable bonds is 7. The number of nitrogens with zero attached hydrogens (tertiary/aromatic N) is 2. The van der Waals surface area contributed by atoms with Crippen LogP contribution in [0.4, 0.5) is 0 Å². The second kappa shape index (κ2) is 6.99. The number of ether oxygens (including phenoxy) is 2. The fraction of sp³-hybridized carbons (Fsp3) is 0.400. The summed E-state index contributed by atoms with van der Waals surface area (Å²) in [5.41, 5.74) is 1.96. The number of aryl methyl sites for hydroxylation is 1. The molecule has 1 heterocycles. The van der Waals surface area contributed by atoms with E-state index in [2.05, 4.69) is 17.3 Å². The maximum atomic E-state index is 9.86. The summed E-state index contributed by atoms with van der Waals surface area (Å²) in [6, 6.07) is 5.57. The lowest BCUT2D eigenvalue weighted by Crippen LogP contribution is -2.13. The Morgan fingerprint density at radius 2 is 1.86 bits per heavy atom. The molecule has 2 rings (SSSR count). The summed E-state index contributed by atoms with van der Waals surface area (Å²) in [5, 5.41) is 17.6. The van der Waals surface area contributed by atoms with Gasteiger partial charge in [0.1, 0.15) is 0 Å². The van der Waals surface area contributed by atoms with Crippen LogP contribution >= 0.6 is 0 Å². The summed E-state index contributed by atoms with van der Waals surface area (Å²) in [6.45, 7) is 4.23. The first-order chi connectivity index (χ1) is 10.2. The molecule has 0 saturated carbocycles. The van der Waals surface area contributed by atoms with Gasteiger partial charge in [0.15, 0.2) is 11.5 Å². The number of benzene rings is 1. The maximum Gasteiger partial charge on any atom is 0.200 e. The molecule has 0 radical (unpaired) electrons. The molecule has 1 aromatic heterocycles. The minimum atomic E-state index is 0.0189. The number of phenolic OH excluding ortho intramolecular Hbond substituents is 1. The zero-order chi connectivity index (χ0) is 15.2. The van der Waals surface area contributed by atoms with E-state index in [-0.39, 0.29) is 5.75 Å². The van der Waals surface area contributed by atoms with E-state index in [1.165, 1.54) is 14.2 Å². The Kier molecular flexibility index (Phi) is 5.05. The standard InChI is InChI=1S/C15H21N3O3/c1-4-18-6-5-12(17-18)10-16-9-11-7-13(20-2)15(19)14(8-11)21-3/h5-8,16,19H,4,9-10H2,1-3H3. The van der Waals surface area contributed by atoms with Crippen molar-refractivity contribution in [1.82, 2.24) is 15.1 Å². The van der Waals surface area contributed by atoms with E-state index in [9.17, 15) is 5.11 Å². The van der Waals surface area contributed by atoms with Crippen molar-refractivity contribution in [3.63, 3.8) is 0 Å². The number of hydrogen-bond donors (Lipinski definition) is 2. The number of methoxy groups -OCH3 is 2. The molecule has 0 aliphatic rings. The summed E-state index contributed by atoms with van der Waals surface area (Å²) < 4.78 is 12.2. The Hall–Kier alpha value is -2.21. The summed E-state index contributed by atoms with van der Waals surface area (Å²) in [7, 11) is 3.03. The predicted octanol–water partition coefficient (Wildman–Crippen LogP) is 1.92. The number of aromatic nitrogens is 2. The molecule has 1 aromatic carbocycles. The lowest BCUT2D eigenvalue weighted by Gasteiger charge is -2.11. The van der Waals surface area contributed by atoms with Crippen molar-refractivity contribution < 1.29 is 14.6 Å². The zero-order valence-corrected chi connectivity index (χ0v) is 12.6. The van der Waals surface area contributed by atoms with Crippen LogP contribution in [0.15, 0.2) is 24.4 Å². The first kappa shape index (κ1) is 15.2. The van der Waals surface area contributed by atoms with Gasteiger partial charge in [-0.25, -0.2) is 0 Å². The average molecular weight is 291 g/mol. The van der Waals surface area contributed by atoms with Gasteiger partial charge in [-0.2, -0.15) is 5.10 Å². The van der Waals surface area contributed by atoms with E-state index in [1.54, 1.807) is 12.1 Å². The number of hydrogen-bond acceptors (Lipinski definition) is 5. The Morgan fingerprint density at radius 3 is 2.38 bits per heavy atom. The van der Waals surface area contributed by atoms with E-state index in [1.807, 2.05) is 16.9 Å². The van der Waals surface area contributed by atoms with Crippen molar-refractivity contribution in [1.29, 1.82) is 0 Å². The van der Waals surface area contributed by atoms with Gasteiger partial charge < -0.3 is 19.9 Å². The van der Waals surface area contributed by atoms with Crippen LogP contribution in [0.25, 0.3) is 0 Å². The highest BCUT2D eigenvalue weighted by atomic mass is 16.5. The summed E-state index contributed by atoms with van der Waals surface area (Å²) in [5.74, 6) is 0.827. The monoisotopic (exact) mass is 291 g/mol. The Morgan fingerprint density at radius 1 is 1.19 bits per heavy atom. The lowest BCUT2D eigenvalue weighted by atomic mass is 10.2. The van der Waals surface area contributed by atoms with E-state index in [4.69, 9.17) is 9.47 Å². The fourth-order valence-corrected chi connectivity index (χ4v) is 2.06. The predicted molar refractivity (Wildman–Crippen MR) is 79.7 cm³/mol. The number of aromatic hydroxyl groups is 1. The quantitative estimate of drug-likeness (QED) is 0.815. The van der Waals surface area contributed by atoms with Gasteiger partial charge in [0.2, 0.25) is 5.75 Å². The van der Waals surface area contributed by atoms with Crippen LogP contribution in [0.2, 0.25) is 0 Å². The average Bonchev–Trinajstić information content (AvgIpc) is 2.96. The van der Waals surface area contributed by atoms with Crippen molar-refractivity contribution in [2.75, 3.05) is 14.2 Å². The zero-order valence-electron chi connectivity index (χ0n) is 12.6. The first-order valence-electron chi connectivity index (χ1n) is 6.84. The Labute approximate surface area is 124 Å². The molecule has 0 saturated heterocycles. The lowest BCUT2D eigenvalue weighted by molar-refractivity contribution is 0.339. The fourth-order valence-electron chi connectivity index (χ4n) is 2.06. The van der Waals surface area contributed by atoms with Crippen LogP contribution in [-0.4, -0.2) is 29.1 Å². The molecular weight excluding hydrogens is 270 g/mol. The van der Waals surface area contributed by atoms with Crippen LogP contribution in [0, 0.1) is 0 Å². The van der Waals surface area contributed by atoms with Gasteiger partial charge in [0.25, 0.3) is 0 Å². The smallest absolute Gasteiger partial charge is 0.200 e. The van der Waals surface area contributed by atoms with Gasteiger partial charge in [0, 0.05) is 25.8 Å². The normalized spacial score (nSPS) is 10.6. The van der Waals surface area contributed by atoms with Crippen molar-refractivity contribution in [3.8, 4) is 17.2 Å². The molecule has 21 heavy (non-hydrogen) atoms. The van der Waals surface area contributed by atoms with Crippen LogP contribution in [-0.2, 0) is 19.6 Å². The first-order valence-corrected chi connectivity index (χ1v) is 6.84. The molecule has 0 bridgehead atoms. The second-order valence-corrected chi connectivity index (χ2v) is 4.62. The molecule has 2 aromatic rings. The Bertz CT molecular complexity index is 571. The van der Waals surface area contributed by atoms with Crippen molar-refractivity contribution in [3.05, 3.63) is 35.7 Å². The highest BCUT2D eigenvalue weighted by molar-refractivity contribution is 5.52. The molecule has 0 atom stereocenters. The molecule has 6 nitrogen and oxygen atoms in total. The highest BCUT2D eigenvalue weighted by Gasteiger charge is 2.11. The van der Waals surface area contributed by atoms with Gasteiger partial charge in [-0.15, -0.1) is 0 Å². The van der Waals surface area contributed by atoms with E-state index < -0.39 is 0 Å². The van der Waals surface area contributed by atoms with E-state index in [0.717, 1.165) is 17.8 Å². The second-order valence-electron chi connectivity index (χ2n) is 4.62. The molecule has 0 spiro atoms. The van der Waals surface area contributed by atoms with Crippen molar-refractivity contribution >= 4 is 0 Å². The molecule has 0 amide bonds. The molecule has 2 N–H and O–H groups in total. The van der Waals surface area contributed by atoms with Crippen LogP contribution in [0.5, 0.6) is 17.2 Å². The number of nitrogens with one attached hydrogen (secondary N) is 1. The van der Waals surface area contributed by atoms with Gasteiger partial charge in [0.05, 0.1) is 19.9 Å². The molecule has 0 fully saturated rings. The molecular formula is C15H21N3O3. The minimum Gasteiger partial charge on any atom is -0.502 e. The summed E-state index contributed by atoms with van der Waals surface area (Å²) in [4.78, 5) is 0. The topological polar surface area (TPSA) is 68.5 Å². The van der Waals surface area contributed by atoms with Gasteiger partial charge in [-0.05, 0) is 30.7 Å². The molecule has 0 unspecified atom stereocenters. The SMILES string of the molecule is CCn1ccc(CNCc2cc(OC)c(O)c(OC)c2)n1. The molecule has 114 valence electrons. The summed E-state index contributed by atoms with van der Waals surface area (Å²) >= 11 is 0. The largest absolute Gasteiger partial charge is 0.502 e. The Balaban J connectivity index is 1.99. The van der Waals surface area contributed by atoms with Crippen LogP contribution < -0.4 is 14.8 Å². The van der Waals surface area contributed by atoms with E-state index in [0.29, 0.717) is 24.6 Å². The maximum absolute atomic E-state index is 9.86. The van der Waals surface area contributed by atoms with Crippen LogP contribution in [0.1, 0.15) is 18.2 Å². The van der Waals surface area contributed by atoms with Gasteiger partial charge >= 0.3 is 0 Å². The van der Waals surface area contributed by atoms with E-state index >= 15 is 0 Å². The highest BCUT2D eigenvalue weighted by Crippen LogP contribution is 2.36. The minimum absolute atomic E-state index is 0.0189. The number of phenols is 1. The molecule has 6 heteroatoms. The summed E-state index contributed by atoms with van der Waals surface area (Å²) in [6.07, 6.45) is 1.96. The van der Waals surface area contributed by atoms with Gasteiger partial charge in [-0.1, -0.05) is 0 Å². The molecule has 0 aliphatic carbocycles. The third-order valence-electron chi connectivity index (χ3n) is 3.19. The molecule has 0 aliphatic heterocycles. The third kappa shape index (κ3) is 3.66. The van der Waals surface area contributed by atoms with Crippen molar-refractivity contribution in [2.24, 2.45) is 0 Å². The third-order valence-corrected chi connectivity index (χ3v) is 3.19.